The highest BCUT2D eigenvalue weighted by molar-refractivity contribution is 5.76. The molecule has 1 N–H and O–H groups in total. The quantitative estimate of drug-likeness (QED) is 0.511. The number of esters is 1. The number of benzene rings is 2. The molecule has 0 amide bonds. The van der Waals surface area contributed by atoms with Crippen LogP contribution in [0.1, 0.15) is 18.4 Å². The lowest BCUT2D eigenvalue weighted by atomic mass is 10.1. The van der Waals surface area contributed by atoms with Gasteiger partial charge in [-0.1, -0.05) is 24.3 Å². The molecular weight excluding hydrogens is 351 g/mol. The number of carbonyl (C=O) groups is 1. The molecule has 7 heteroatoms. The minimum atomic E-state index is -0.485. The van der Waals surface area contributed by atoms with E-state index in [0.717, 1.165) is 10.1 Å². The van der Waals surface area contributed by atoms with E-state index in [1.807, 2.05) is 0 Å². The second-order valence-electron chi connectivity index (χ2n) is 6.13. The molecule has 0 saturated carbocycles. The maximum atomic E-state index is 12.8. The van der Waals surface area contributed by atoms with Crippen LogP contribution < -0.4 is 11.2 Å². The van der Waals surface area contributed by atoms with Crippen molar-refractivity contribution in [3.05, 3.63) is 80.7 Å². The summed E-state index contributed by atoms with van der Waals surface area (Å²) in [5.41, 5.74) is 0.497. The van der Waals surface area contributed by atoms with Gasteiger partial charge in [-0.15, -0.1) is 0 Å². The number of rotatable bonds is 7. The van der Waals surface area contributed by atoms with Gasteiger partial charge in [-0.3, -0.25) is 14.2 Å². The van der Waals surface area contributed by atoms with Crippen LogP contribution in [0.3, 0.4) is 0 Å². The summed E-state index contributed by atoms with van der Waals surface area (Å²) < 4.78 is 19.1. The molecule has 3 rings (SSSR count). The van der Waals surface area contributed by atoms with Gasteiger partial charge in [-0.2, -0.15) is 0 Å². The predicted molar refractivity (Wildman–Crippen MR) is 99.1 cm³/mol. The molecule has 0 spiro atoms. The third kappa shape index (κ3) is 4.69. The summed E-state index contributed by atoms with van der Waals surface area (Å²) in [5.74, 6) is -0.695. The lowest BCUT2D eigenvalue weighted by molar-refractivity contribution is -0.143. The normalized spacial score (nSPS) is 10.9. The molecule has 1 aromatic heterocycles. The minimum absolute atomic E-state index is 0.112. The number of aromatic nitrogens is 2. The van der Waals surface area contributed by atoms with Crippen molar-refractivity contribution in [1.29, 1.82) is 0 Å². The fourth-order valence-electron chi connectivity index (χ4n) is 2.78. The predicted octanol–water partition coefficient (Wildman–Crippen LogP) is 2.40. The van der Waals surface area contributed by atoms with Crippen LogP contribution in [0.15, 0.2) is 58.1 Å². The van der Waals surface area contributed by atoms with Crippen LogP contribution in [0.25, 0.3) is 10.9 Å². The van der Waals surface area contributed by atoms with Crippen LogP contribution in [0.5, 0.6) is 0 Å². The first-order valence-corrected chi connectivity index (χ1v) is 8.66. The van der Waals surface area contributed by atoms with Gasteiger partial charge < -0.3 is 9.72 Å². The Morgan fingerprint density at radius 3 is 2.59 bits per heavy atom. The largest absolute Gasteiger partial charge is 0.466 e. The topological polar surface area (TPSA) is 81.2 Å². The highest BCUT2D eigenvalue weighted by Crippen LogP contribution is 2.06. The number of H-pyrrole nitrogens is 1. The molecule has 0 unspecified atom stereocenters. The van der Waals surface area contributed by atoms with E-state index in [0.29, 0.717) is 23.7 Å². The second kappa shape index (κ2) is 8.44. The molecule has 0 fully saturated rings. The van der Waals surface area contributed by atoms with Gasteiger partial charge in [0.15, 0.2) is 0 Å². The second-order valence-corrected chi connectivity index (χ2v) is 6.13. The van der Waals surface area contributed by atoms with Gasteiger partial charge >= 0.3 is 11.7 Å². The number of fused-ring (bicyclic) bond motifs is 1. The number of aromatic amines is 1. The first-order valence-electron chi connectivity index (χ1n) is 8.66. The Labute approximate surface area is 154 Å². The van der Waals surface area contributed by atoms with Gasteiger partial charge in [0.1, 0.15) is 5.82 Å². The van der Waals surface area contributed by atoms with Crippen molar-refractivity contribution in [2.45, 2.75) is 25.8 Å². The molecule has 140 valence electrons. The zero-order valence-corrected chi connectivity index (χ0v) is 14.6. The molecule has 0 aliphatic rings. The van der Waals surface area contributed by atoms with Crippen LogP contribution in [0.4, 0.5) is 4.39 Å². The zero-order valence-electron chi connectivity index (χ0n) is 14.6. The van der Waals surface area contributed by atoms with Crippen LogP contribution >= 0.6 is 0 Å². The van der Waals surface area contributed by atoms with Crippen molar-refractivity contribution in [2.24, 2.45) is 0 Å². The lowest BCUT2D eigenvalue weighted by Crippen LogP contribution is -2.35. The highest BCUT2D eigenvalue weighted by atomic mass is 19.1. The minimum Gasteiger partial charge on any atom is -0.466 e. The molecule has 0 atom stereocenters. The molecule has 0 aliphatic heterocycles. The number of ether oxygens (including phenoxy) is 1. The van der Waals surface area contributed by atoms with E-state index in [2.05, 4.69) is 4.98 Å². The first kappa shape index (κ1) is 18.6. The molecule has 1 heterocycles. The summed E-state index contributed by atoms with van der Waals surface area (Å²) in [6.07, 6.45) is 0.995. The maximum absolute atomic E-state index is 12.8. The fraction of sp³-hybridized carbons (Fsp3) is 0.250. The maximum Gasteiger partial charge on any atom is 0.328 e. The Morgan fingerprint density at radius 1 is 1.07 bits per heavy atom. The summed E-state index contributed by atoms with van der Waals surface area (Å²) in [6, 6.07) is 12.7. The molecular formula is C20H19FN2O4. The average molecular weight is 370 g/mol. The fourth-order valence-corrected chi connectivity index (χ4v) is 2.78. The Bertz CT molecular complexity index is 1050. The number of hydrogen-bond donors (Lipinski definition) is 1. The molecule has 0 radical (unpaired) electrons. The Kier molecular flexibility index (Phi) is 5.80. The van der Waals surface area contributed by atoms with Crippen molar-refractivity contribution >= 4 is 16.9 Å². The summed E-state index contributed by atoms with van der Waals surface area (Å²) in [7, 11) is 0. The lowest BCUT2D eigenvalue weighted by Gasteiger charge is -2.07. The average Bonchev–Trinajstić information content (AvgIpc) is 2.67. The molecule has 3 aromatic rings. The van der Waals surface area contributed by atoms with Crippen molar-refractivity contribution in [3.8, 4) is 0 Å². The smallest absolute Gasteiger partial charge is 0.328 e. The highest BCUT2D eigenvalue weighted by Gasteiger charge is 2.08. The van der Waals surface area contributed by atoms with Gasteiger partial charge in [0, 0.05) is 13.0 Å². The number of carbonyl (C=O) groups excluding carboxylic acids is 1. The van der Waals surface area contributed by atoms with E-state index >= 15 is 0 Å². The molecule has 0 bridgehead atoms. The van der Waals surface area contributed by atoms with Crippen molar-refractivity contribution in [2.75, 3.05) is 6.61 Å². The standard InChI is InChI=1S/C20H19FN2O4/c21-15-9-6-14(7-10-15)8-11-18(24)27-13-3-12-23-19(25)16-4-1-2-5-17(16)22-20(23)26/h1-2,4-7,9-10H,3,8,11-13H2,(H,22,26). The number of nitrogens with one attached hydrogen (secondary N) is 1. The number of aryl methyl sites for hydroxylation is 1. The van der Waals surface area contributed by atoms with E-state index in [-0.39, 0.29) is 36.9 Å². The SMILES string of the molecule is O=C(CCc1ccc(F)cc1)OCCCn1c(=O)[nH]c2ccccc2c1=O. The molecule has 0 aliphatic carbocycles. The molecule has 0 saturated heterocycles. The van der Waals surface area contributed by atoms with Crippen LogP contribution in [-0.4, -0.2) is 22.1 Å². The third-order valence-electron chi connectivity index (χ3n) is 4.21. The Morgan fingerprint density at radius 2 is 1.81 bits per heavy atom. The summed E-state index contributed by atoms with van der Waals surface area (Å²) >= 11 is 0. The van der Waals surface area contributed by atoms with Crippen molar-refractivity contribution in [1.82, 2.24) is 9.55 Å². The monoisotopic (exact) mass is 370 g/mol. The van der Waals surface area contributed by atoms with E-state index in [1.165, 1.54) is 12.1 Å². The van der Waals surface area contributed by atoms with Crippen LogP contribution in [0.2, 0.25) is 0 Å². The van der Waals surface area contributed by atoms with Crippen LogP contribution in [-0.2, 0) is 22.5 Å². The van der Waals surface area contributed by atoms with E-state index < -0.39 is 5.69 Å². The molecule has 6 nitrogen and oxygen atoms in total. The van der Waals surface area contributed by atoms with Gasteiger partial charge in [-0.05, 0) is 42.7 Å². The van der Waals surface area contributed by atoms with E-state index in [1.54, 1.807) is 36.4 Å². The summed E-state index contributed by atoms with van der Waals surface area (Å²) in [4.78, 5) is 38.8. The van der Waals surface area contributed by atoms with E-state index in [9.17, 15) is 18.8 Å². The number of nitrogens with zero attached hydrogens (tertiary/aromatic N) is 1. The number of para-hydroxylation sites is 1. The third-order valence-corrected chi connectivity index (χ3v) is 4.21. The van der Waals surface area contributed by atoms with Gasteiger partial charge in [-0.25, -0.2) is 9.18 Å². The Balaban J connectivity index is 1.49. The van der Waals surface area contributed by atoms with E-state index in [4.69, 9.17) is 4.74 Å². The van der Waals surface area contributed by atoms with Gasteiger partial charge in [0.25, 0.3) is 5.56 Å². The Hall–Kier alpha value is -3.22. The molecule has 2 aromatic carbocycles. The van der Waals surface area contributed by atoms with Crippen molar-refractivity contribution in [3.63, 3.8) is 0 Å². The zero-order chi connectivity index (χ0) is 19.2. The van der Waals surface area contributed by atoms with Crippen LogP contribution in [0, 0.1) is 5.82 Å². The van der Waals surface area contributed by atoms with Crippen molar-refractivity contribution < 1.29 is 13.9 Å². The first-order chi connectivity index (χ1) is 13.0. The number of hydrogen-bond acceptors (Lipinski definition) is 4. The summed E-state index contributed by atoms with van der Waals surface area (Å²) in [5, 5.41) is 0.438. The van der Waals surface area contributed by atoms with Gasteiger partial charge in [0.2, 0.25) is 0 Å². The molecule has 27 heavy (non-hydrogen) atoms. The summed E-state index contributed by atoms with van der Waals surface area (Å²) in [6.45, 7) is 0.269. The van der Waals surface area contributed by atoms with Gasteiger partial charge in [0.05, 0.1) is 17.5 Å². The number of halogens is 1.